The molecule has 0 radical (unpaired) electrons. The highest BCUT2D eigenvalue weighted by Crippen LogP contribution is 2.31. The summed E-state index contributed by atoms with van der Waals surface area (Å²) in [6.45, 7) is 8.76. The van der Waals surface area contributed by atoms with Crippen LogP contribution in [0.5, 0.6) is 0 Å². The molecule has 1 aromatic carbocycles. The lowest BCUT2D eigenvalue weighted by Crippen LogP contribution is -2.30. The molecule has 0 spiro atoms. The Balaban J connectivity index is 2.84. The third kappa shape index (κ3) is 3.37. The first kappa shape index (κ1) is 17.9. The smallest absolute Gasteiger partial charge is 0.262 e. The van der Waals surface area contributed by atoms with E-state index >= 15 is 0 Å². The van der Waals surface area contributed by atoms with Gasteiger partial charge in [0, 0.05) is 11.3 Å². The normalized spacial score (nSPS) is 10.9. The van der Waals surface area contributed by atoms with Crippen molar-refractivity contribution in [2.24, 2.45) is 0 Å². The molecule has 1 heterocycles. The number of hydrogen-bond donors (Lipinski definition) is 0. The van der Waals surface area contributed by atoms with Gasteiger partial charge in [-0.1, -0.05) is 38.1 Å². The summed E-state index contributed by atoms with van der Waals surface area (Å²) in [7, 11) is 0. The Kier molecular flexibility index (Phi) is 5.17. The van der Waals surface area contributed by atoms with Crippen molar-refractivity contribution < 1.29 is 9.59 Å². The van der Waals surface area contributed by atoms with Crippen LogP contribution in [0.2, 0.25) is 0 Å². The number of nitrogens with zero attached hydrogens (tertiary/aromatic N) is 1. The molecule has 0 fully saturated rings. The van der Waals surface area contributed by atoms with Crippen molar-refractivity contribution in [3.05, 3.63) is 57.5 Å². The summed E-state index contributed by atoms with van der Waals surface area (Å²) in [4.78, 5) is 36.5. The zero-order valence-corrected chi connectivity index (χ0v) is 14.8. The zero-order valence-electron chi connectivity index (χ0n) is 14.8. The minimum atomic E-state index is -0.397. The second-order valence-corrected chi connectivity index (χ2v) is 6.47. The van der Waals surface area contributed by atoms with Crippen LogP contribution in [0.3, 0.4) is 0 Å². The SMILES string of the molecule is CC(=O)Cn1c(C)cc(-c2ccccc2C(C)C)c(C(C)=O)c1=O. The summed E-state index contributed by atoms with van der Waals surface area (Å²) in [5.41, 5.74) is 3.06. The fourth-order valence-corrected chi connectivity index (χ4v) is 2.99. The third-order valence-electron chi connectivity index (χ3n) is 4.11. The molecule has 2 rings (SSSR count). The second kappa shape index (κ2) is 6.95. The van der Waals surface area contributed by atoms with Crippen LogP contribution in [0.15, 0.2) is 35.1 Å². The van der Waals surface area contributed by atoms with Crippen molar-refractivity contribution in [3.63, 3.8) is 0 Å². The lowest BCUT2D eigenvalue weighted by atomic mass is 9.89. The molecule has 1 aromatic heterocycles. The van der Waals surface area contributed by atoms with E-state index in [0.29, 0.717) is 11.3 Å². The number of ketones is 2. The molecule has 0 aliphatic carbocycles. The molecule has 0 N–H and O–H groups in total. The van der Waals surface area contributed by atoms with Crippen LogP contribution >= 0.6 is 0 Å². The quantitative estimate of drug-likeness (QED) is 0.787. The van der Waals surface area contributed by atoms with E-state index in [1.807, 2.05) is 30.3 Å². The minimum Gasteiger partial charge on any atom is -0.305 e. The van der Waals surface area contributed by atoms with E-state index in [0.717, 1.165) is 11.1 Å². The summed E-state index contributed by atoms with van der Waals surface area (Å²) >= 11 is 0. The van der Waals surface area contributed by atoms with Crippen molar-refractivity contribution >= 4 is 11.6 Å². The van der Waals surface area contributed by atoms with Crippen LogP contribution in [-0.4, -0.2) is 16.1 Å². The van der Waals surface area contributed by atoms with Gasteiger partial charge >= 0.3 is 0 Å². The van der Waals surface area contributed by atoms with Gasteiger partial charge in [0.1, 0.15) is 5.78 Å². The van der Waals surface area contributed by atoms with Gasteiger partial charge in [-0.2, -0.15) is 0 Å². The van der Waals surface area contributed by atoms with Gasteiger partial charge in [-0.25, -0.2) is 0 Å². The number of carbonyl (C=O) groups is 2. The van der Waals surface area contributed by atoms with E-state index in [1.165, 1.54) is 18.4 Å². The van der Waals surface area contributed by atoms with Crippen molar-refractivity contribution in [1.29, 1.82) is 0 Å². The molecule has 0 amide bonds. The van der Waals surface area contributed by atoms with Gasteiger partial charge in [0.25, 0.3) is 5.56 Å². The van der Waals surface area contributed by atoms with E-state index < -0.39 is 5.56 Å². The van der Waals surface area contributed by atoms with Crippen molar-refractivity contribution in [2.45, 2.75) is 47.1 Å². The maximum Gasteiger partial charge on any atom is 0.262 e. The fraction of sp³-hybridized carbons (Fsp3) is 0.350. The van der Waals surface area contributed by atoms with Gasteiger partial charge in [-0.05, 0) is 43.9 Å². The average Bonchev–Trinajstić information content (AvgIpc) is 2.50. The zero-order chi connectivity index (χ0) is 18.0. The third-order valence-corrected chi connectivity index (χ3v) is 4.11. The Morgan fingerprint density at radius 3 is 2.25 bits per heavy atom. The van der Waals surface area contributed by atoms with Gasteiger partial charge in [0.05, 0.1) is 12.1 Å². The summed E-state index contributed by atoms with van der Waals surface area (Å²) in [5, 5.41) is 0. The predicted octanol–water partition coefficient (Wildman–Crippen LogP) is 3.74. The molecule has 0 bridgehead atoms. The van der Waals surface area contributed by atoms with E-state index in [2.05, 4.69) is 13.8 Å². The molecule has 0 unspecified atom stereocenters. The fourth-order valence-electron chi connectivity index (χ4n) is 2.99. The van der Waals surface area contributed by atoms with E-state index in [1.54, 1.807) is 6.92 Å². The van der Waals surface area contributed by atoms with Crippen LogP contribution in [0.25, 0.3) is 11.1 Å². The van der Waals surface area contributed by atoms with Gasteiger partial charge in [0.2, 0.25) is 0 Å². The molecule has 0 aliphatic rings. The van der Waals surface area contributed by atoms with E-state index in [9.17, 15) is 14.4 Å². The number of aryl methyl sites for hydroxylation is 1. The molecule has 126 valence electrons. The molecule has 0 aliphatic heterocycles. The van der Waals surface area contributed by atoms with Crippen molar-refractivity contribution in [1.82, 2.24) is 4.57 Å². The summed E-state index contributed by atoms with van der Waals surface area (Å²) in [6, 6.07) is 9.64. The van der Waals surface area contributed by atoms with Gasteiger partial charge < -0.3 is 4.57 Å². The Morgan fingerprint density at radius 2 is 1.71 bits per heavy atom. The first-order valence-electron chi connectivity index (χ1n) is 8.08. The highest BCUT2D eigenvalue weighted by Gasteiger charge is 2.20. The Morgan fingerprint density at radius 1 is 1.08 bits per heavy atom. The van der Waals surface area contributed by atoms with Crippen LogP contribution in [0.1, 0.15) is 55.2 Å². The van der Waals surface area contributed by atoms with E-state index in [4.69, 9.17) is 0 Å². The molecule has 4 nitrogen and oxygen atoms in total. The number of Topliss-reactive ketones (excluding diaryl/α,β-unsaturated/α-hetero) is 2. The van der Waals surface area contributed by atoms with Crippen LogP contribution in [-0.2, 0) is 11.3 Å². The molecule has 0 saturated heterocycles. The maximum absolute atomic E-state index is 12.8. The first-order valence-corrected chi connectivity index (χ1v) is 8.08. The molecular weight excluding hydrogens is 302 g/mol. The van der Waals surface area contributed by atoms with Gasteiger partial charge in [-0.15, -0.1) is 0 Å². The summed E-state index contributed by atoms with van der Waals surface area (Å²) in [5.74, 6) is -0.142. The van der Waals surface area contributed by atoms with Crippen LogP contribution in [0, 0.1) is 6.92 Å². The monoisotopic (exact) mass is 325 g/mol. The topological polar surface area (TPSA) is 56.1 Å². The maximum atomic E-state index is 12.8. The predicted molar refractivity (Wildman–Crippen MR) is 95.6 cm³/mol. The Bertz CT molecular complexity index is 860. The molecule has 0 saturated carbocycles. The molecular formula is C20H23NO3. The Hall–Kier alpha value is -2.49. The van der Waals surface area contributed by atoms with Gasteiger partial charge in [0.15, 0.2) is 5.78 Å². The summed E-state index contributed by atoms with van der Waals surface area (Å²) < 4.78 is 1.38. The summed E-state index contributed by atoms with van der Waals surface area (Å²) in [6.07, 6.45) is 0. The Labute approximate surface area is 142 Å². The lowest BCUT2D eigenvalue weighted by molar-refractivity contribution is -0.117. The second-order valence-electron chi connectivity index (χ2n) is 6.47. The number of benzene rings is 1. The number of rotatable bonds is 5. The number of aromatic nitrogens is 1. The van der Waals surface area contributed by atoms with Crippen molar-refractivity contribution in [2.75, 3.05) is 0 Å². The molecule has 0 atom stereocenters. The van der Waals surface area contributed by atoms with Crippen LogP contribution in [0.4, 0.5) is 0 Å². The lowest BCUT2D eigenvalue weighted by Gasteiger charge is -2.18. The molecule has 4 heteroatoms. The highest BCUT2D eigenvalue weighted by molar-refractivity contribution is 6.01. The highest BCUT2D eigenvalue weighted by atomic mass is 16.2. The minimum absolute atomic E-state index is 0.0168. The average molecular weight is 325 g/mol. The molecule has 24 heavy (non-hydrogen) atoms. The van der Waals surface area contributed by atoms with Crippen LogP contribution < -0.4 is 5.56 Å². The number of hydrogen-bond acceptors (Lipinski definition) is 3. The van der Waals surface area contributed by atoms with Gasteiger partial charge in [-0.3, -0.25) is 14.4 Å². The number of pyridine rings is 1. The standard InChI is InChI=1S/C20H23NO3/c1-12(2)16-8-6-7-9-17(16)18-10-13(3)21(11-14(4)22)20(24)19(18)15(5)23/h6-10,12H,11H2,1-5H3. The van der Waals surface area contributed by atoms with Crippen molar-refractivity contribution in [3.8, 4) is 11.1 Å². The first-order chi connectivity index (χ1) is 11.2. The largest absolute Gasteiger partial charge is 0.305 e. The number of carbonyl (C=O) groups excluding carboxylic acids is 2. The molecule has 2 aromatic rings. The van der Waals surface area contributed by atoms with E-state index in [-0.39, 0.29) is 29.6 Å².